The van der Waals surface area contributed by atoms with Gasteiger partial charge in [0.15, 0.2) is 5.58 Å². The molecule has 10 aromatic rings. The number of nitrogens with zero attached hydrogens (tertiary/aromatic N) is 2. The first-order valence-electron chi connectivity index (χ1n) is 14.5. The summed E-state index contributed by atoms with van der Waals surface area (Å²) in [7, 11) is 0. The zero-order valence-corrected chi connectivity index (χ0v) is 22.9. The third kappa shape index (κ3) is 3.12. The second-order valence-corrected chi connectivity index (χ2v) is 11.2. The molecule has 4 heteroatoms. The van der Waals surface area contributed by atoms with Crippen molar-refractivity contribution < 1.29 is 8.83 Å². The molecule has 0 bridgehead atoms. The van der Waals surface area contributed by atoms with E-state index in [-0.39, 0.29) is 0 Å². The van der Waals surface area contributed by atoms with Crippen molar-refractivity contribution in [3.63, 3.8) is 0 Å². The van der Waals surface area contributed by atoms with Crippen LogP contribution >= 0.6 is 0 Å². The highest BCUT2D eigenvalue weighted by Crippen LogP contribution is 2.43. The van der Waals surface area contributed by atoms with Gasteiger partial charge in [0.1, 0.15) is 16.7 Å². The summed E-state index contributed by atoms with van der Waals surface area (Å²) < 4.78 is 15.4. The molecule has 7 aromatic carbocycles. The van der Waals surface area contributed by atoms with Crippen LogP contribution in [0.4, 0.5) is 0 Å². The molecule has 0 aliphatic carbocycles. The molecule has 0 spiro atoms. The van der Waals surface area contributed by atoms with Crippen LogP contribution in [-0.4, -0.2) is 9.55 Å². The molecule has 0 saturated carbocycles. The molecule has 0 amide bonds. The van der Waals surface area contributed by atoms with Crippen LogP contribution in [0.3, 0.4) is 0 Å². The maximum absolute atomic E-state index is 6.65. The number of hydrogen-bond acceptors (Lipinski definition) is 3. The quantitative estimate of drug-likeness (QED) is 0.215. The van der Waals surface area contributed by atoms with Gasteiger partial charge in [-0.3, -0.25) is 0 Å². The van der Waals surface area contributed by atoms with E-state index < -0.39 is 0 Å². The normalized spacial score (nSPS) is 12.2. The van der Waals surface area contributed by atoms with Gasteiger partial charge < -0.3 is 13.4 Å². The molecule has 0 fully saturated rings. The molecule has 4 nitrogen and oxygen atoms in total. The predicted molar refractivity (Wildman–Crippen MR) is 176 cm³/mol. The van der Waals surface area contributed by atoms with Crippen LogP contribution in [0.5, 0.6) is 0 Å². The van der Waals surface area contributed by atoms with Gasteiger partial charge in [0, 0.05) is 32.6 Å². The minimum Gasteiger partial charge on any atom is -0.455 e. The van der Waals surface area contributed by atoms with Gasteiger partial charge in [-0.1, -0.05) is 91.0 Å². The van der Waals surface area contributed by atoms with Crippen molar-refractivity contribution in [2.75, 3.05) is 0 Å². The summed E-state index contributed by atoms with van der Waals surface area (Å²) in [5.41, 5.74) is 7.56. The van der Waals surface area contributed by atoms with E-state index in [0.717, 1.165) is 55.1 Å². The number of para-hydroxylation sites is 3. The molecule has 3 aromatic heterocycles. The van der Waals surface area contributed by atoms with Crippen LogP contribution in [0.25, 0.3) is 93.5 Å². The van der Waals surface area contributed by atoms with Gasteiger partial charge in [0.05, 0.1) is 16.6 Å². The topological polar surface area (TPSA) is 44.1 Å². The lowest BCUT2D eigenvalue weighted by atomic mass is 10.00. The number of furan rings is 1. The lowest BCUT2D eigenvalue weighted by Gasteiger charge is -2.10. The van der Waals surface area contributed by atoms with Crippen LogP contribution in [0.2, 0.25) is 0 Å². The van der Waals surface area contributed by atoms with Crippen molar-refractivity contribution in [3.8, 4) is 17.1 Å². The van der Waals surface area contributed by atoms with Crippen molar-refractivity contribution in [2.24, 2.45) is 0 Å². The first-order chi connectivity index (χ1) is 21.3. The van der Waals surface area contributed by atoms with E-state index in [1.54, 1.807) is 0 Å². The average molecular weight is 551 g/mol. The minimum absolute atomic E-state index is 0.566. The smallest absolute Gasteiger partial charge is 0.231 e. The summed E-state index contributed by atoms with van der Waals surface area (Å²) >= 11 is 0. The van der Waals surface area contributed by atoms with Gasteiger partial charge in [-0.2, -0.15) is 0 Å². The summed E-state index contributed by atoms with van der Waals surface area (Å²) in [6, 6.07) is 46.8. The fraction of sp³-hybridized carbons (Fsp3) is 0. The van der Waals surface area contributed by atoms with E-state index in [2.05, 4.69) is 108 Å². The summed E-state index contributed by atoms with van der Waals surface area (Å²) in [5.74, 6) is 0.566. The Morgan fingerprint density at radius 3 is 2.16 bits per heavy atom. The summed E-state index contributed by atoms with van der Waals surface area (Å²) in [6.07, 6.45) is 0. The van der Waals surface area contributed by atoms with E-state index in [1.165, 1.54) is 32.6 Å². The van der Waals surface area contributed by atoms with E-state index in [4.69, 9.17) is 13.8 Å². The fourth-order valence-electron chi connectivity index (χ4n) is 6.89. The van der Waals surface area contributed by atoms with Gasteiger partial charge in [-0.15, -0.1) is 0 Å². The lowest BCUT2D eigenvalue weighted by Crippen LogP contribution is -1.94. The molecule has 0 atom stereocenters. The lowest BCUT2D eigenvalue weighted by molar-refractivity contribution is 0.616. The van der Waals surface area contributed by atoms with Crippen LogP contribution in [-0.2, 0) is 0 Å². The zero-order chi connectivity index (χ0) is 28.1. The Hall–Kier alpha value is -5.87. The van der Waals surface area contributed by atoms with Gasteiger partial charge in [0.25, 0.3) is 0 Å². The average Bonchev–Trinajstić information content (AvgIpc) is 3.75. The largest absolute Gasteiger partial charge is 0.455 e. The van der Waals surface area contributed by atoms with Crippen molar-refractivity contribution in [1.29, 1.82) is 0 Å². The molecular formula is C39H22N2O2. The standard InChI is InChI=1S/C39H22N2O2/c1-4-12-27-23(9-1)17-19-29-28-13-5-7-15-33(28)41(37(27)29)25-18-20-34-30(22-25)31-21-24-10-2-3-11-26(24)36(38(31)42-34)39-40-32-14-6-8-16-35(32)43-39/h1-22H. The van der Waals surface area contributed by atoms with E-state index in [9.17, 15) is 0 Å². The van der Waals surface area contributed by atoms with Crippen LogP contribution in [0, 0.1) is 0 Å². The van der Waals surface area contributed by atoms with E-state index in [1.807, 2.05) is 30.3 Å². The number of aromatic nitrogens is 2. The highest BCUT2D eigenvalue weighted by atomic mass is 16.4. The second-order valence-electron chi connectivity index (χ2n) is 11.2. The number of fused-ring (bicyclic) bond motifs is 10. The molecule has 0 aliphatic rings. The third-order valence-corrected chi connectivity index (χ3v) is 8.79. The molecule has 0 radical (unpaired) electrons. The highest BCUT2D eigenvalue weighted by molar-refractivity contribution is 6.20. The zero-order valence-electron chi connectivity index (χ0n) is 22.9. The third-order valence-electron chi connectivity index (χ3n) is 8.79. The Bertz CT molecular complexity index is 2710. The van der Waals surface area contributed by atoms with Gasteiger partial charge in [0.2, 0.25) is 5.89 Å². The van der Waals surface area contributed by atoms with Crippen LogP contribution in [0.15, 0.2) is 142 Å². The van der Waals surface area contributed by atoms with Gasteiger partial charge in [-0.05, 0) is 58.6 Å². The van der Waals surface area contributed by atoms with E-state index >= 15 is 0 Å². The summed E-state index contributed by atoms with van der Waals surface area (Å²) in [4.78, 5) is 4.88. The molecular weight excluding hydrogens is 528 g/mol. The number of benzene rings is 7. The molecule has 10 rings (SSSR count). The maximum atomic E-state index is 6.65. The molecule has 43 heavy (non-hydrogen) atoms. The molecule has 200 valence electrons. The molecule has 0 aliphatic heterocycles. The Morgan fingerprint density at radius 2 is 1.26 bits per heavy atom. The predicted octanol–water partition coefficient (Wildman–Crippen LogP) is 10.8. The Morgan fingerprint density at radius 1 is 0.488 bits per heavy atom. The SMILES string of the molecule is c1ccc2c(-c3nc4ccccc4o3)c3oc4ccc(-n5c6ccccc6c6ccc7ccccc7c65)cc4c3cc2c1. The maximum Gasteiger partial charge on any atom is 0.231 e. The Balaban J connectivity index is 1.32. The monoisotopic (exact) mass is 550 g/mol. The molecule has 0 N–H and O–H groups in total. The first-order valence-corrected chi connectivity index (χ1v) is 14.5. The van der Waals surface area contributed by atoms with E-state index in [0.29, 0.717) is 5.89 Å². The van der Waals surface area contributed by atoms with Crippen molar-refractivity contribution in [2.45, 2.75) is 0 Å². The van der Waals surface area contributed by atoms with Crippen LogP contribution in [0.1, 0.15) is 0 Å². The first kappa shape index (κ1) is 22.8. The minimum atomic E-state index is 0.566. The number of rotatable bonds is 2. The fourth-order valence-corrected chi connectivity index (χ4v) is 6.89. The molecule has 3 heterocycles. The summed E-state index contributed by atoms with van der Waals surface area (Å²) in [5, 5.41) is 9.21. The van der Waals surface area contributed by atoms with Crippen molar-refractivity contribution >= 4 is 76.4 Å². The van der Waals surface area contributed by atoms with Crippen molar-refractivity contribution in [3.05, 3.63) is 133 Å². The number of oxazole rings is 1. The second kappa shape index (κ2) is 8.34. The van der Waals surface area contributed by atoms with Crippen LogP contribution < -0.4 is 0 Å². The Labute approximate surface area is 245 Å². The van der Waals surface area contributed by atoms with Gasteiger partial charge in [-0.25, -0.2) is 4.98 Å². The highest BCUT2D eigenvalue weighted by Gasteiger charge is 2.22. The van der Waals surface area contributed by atoms with Gasteiger partial charge >= 0.3 is 0 Å². The number of hydrogen-bond donors (Lipinski definition) is 0. The molecule has 0 saturated heterocycles. The van der Waals surface area contributed by atoms with Crippen molar-refractivity contribution in [1.82, 2.24) is 9.55 Å². The Kier molecular flexibility index (Phi) is 4.42. The summed E-state index contributed by atoms with van der Waals surface area (Å²) in [6.45, 7) is 0. The molecule has 0 unspecified atom stereocenters.